The fourth-order valence-electron chi connectivity index (χ4n) is 1.68. The van der Waals surface area contributed by atoms with Crippen LogP contribution in [0.2, 0.25) is 5.15 Å². The summed E-state index contributed by atoms with van der Waals surface area (Å²) in [5.74, 6) is 0. The largest absolute Gasteiger partial charge is 0.465 e. The molecule has 15 heavy (non-hydrogen) atoms. The van der Waals surface area contributed by atoms with E-state index in [-0.39, 0.29) is 0 Å². The predicted octanol–water partition coefficient (Wildman–Crippen LogP) is 1.21. The van der Waals surface area contributed by atoms with Crippen molar-refractivity contribution >= 4 is 17.7 Å². The molecular weight excluding hydrogens is 218 g/mol. The van der Waals surface area contributed by atoms with Crippen molar-refractivity contribution in [3.8, 4) is 0 Å². The van der Waals surface area contributed by atoms with Crippen LogP contribution in [0.5, 0.6) is 0 Å². The second kappa shape index (κ2) is 4.02. The Labute approximate surface area is 91.7 Å². The fourth-order valence-corrected chi connectivity index (χ4v) is 1.92. The second-order valence-electron chi connectivity index (χ2n) is 3.36. The average Bonchev–Trinajstić information content (AvgIpc) is 2.41. The van der Waals surface area contributed by atoms with Crippen molar-refractivity contribution in [2.45, 2.75) is 12.8 Å². The molecule has 2 heterocycles. The van der Waals surface area contributed by atoms with Crippen molar-refractivity contribution < 1.29 is 9.90 Å². The van der Waals surface area contributed by atoms with Gasteiger partial charge in [-0.05, 0) is 6.42 Å². The lowest BCUT2D eigenvalue weighted by atomic mass is 10.1. The molecule has 2 rings (SSSR count). The average molecular weight is 228 g/mol. The Morgan fingerprint density at radius 1 is 1.40 bits per heavy atom. The molecule has 5 nitrogen and oxygen atoms in total. The minimum absolute atomic E-state index is 0.437. The maximum Gasteiger partial charge on any atom is 0.407 e. The van der Waals surface area contributed by atoms with Crippen LogP contribution < -0.4 is 0 Å². The summed E-state index contributed by atoms with van der Waals surface area (Å²) in [6.45, 7) is 0.922. The normalized spacial score (nSPS) is 15.7. The Balaban J connectivity index is 2.25. The number of nitrogens with zero attached hydrogens (tertiary/aromatic N) is 3. The summed E-state index contributed by atoms with van der Waals surface area (Å²) in [4.78, 5) is 20.2. The topological polar surface area (TPSA) is 66.3 Å². The first kappa shape index (κ1) is 10.2. The van der Waals surface area contributed by atoms with Crippen LogP contribution in [0.1, 0.15) is 11.3 Å². The number of hydrogen-bond acceptors (Lipinski definition) is 3. The smallest absolute Gasteiger partial charge is 0.407 e. The van der Waals surface area contributed by atoms with Gasteiger partial charge in [-0.3, -0.25) is 0 Å². The second-order valence-corrected chi connectivity index (χ2v) is 3.72. The summed E-state index contributed by atoms with van der Waals surface area (Å²) < 4.78 is 0. The summed E-state index contributed by atoms with van der Waals surface area (Å²) in [5.41, 5.74) is 1.74. The number of hydrogen-bond donors (Lipinski definition) is 1. The van der Waals surface area contributed by atoms with E-state index in [4.69, 9.17) is 16.7 Å². The molecule has 0 unspecified atom stereocenters. The molecule has 1 aromatic rings. The van der Waals surface area contributed by atoms with Gasteiger partial charge in [0.25, 0.3) is 0 Å². The lowest BCUT2D eigenvalue weighted by molar-refractivity contribution is 0.147. The van der Waals surface area contributed by atoms with E-state index in [9.17, 15) is 4.79 Å². The fraction of sp³-hybridized carbons (Fsp3) is 0.444. The van der Waals surface area contributed by atoms with Crippen molar-refractivity contribution in [2.24, 2.45) is 0 Å². The van der Waals surface area contributed by atoms with Crippen molar-refractivity contribution in [3.05, 3.63) is 22.7 Å². The lowest BCUT2D eigenvalue weighted by Gasteiger charge is -2.14. The molecule has 6 heteroatoms. The van der Waals surface area contributed by atoms with Gasteiger partial charge in [-0.2, -0.15) is 0 Å². The monoisotopic (exact) mass is 227 g/mol. The van der Waals surface area contributed by atoms with Crippen LogP contribution in [-0.2, 0) is 12.8 Å². The van der Waals surface area contributed by atoms with Crippen molar-refractivity contribution in [1.82, 2.24) is 14.9 Å². The molecule has 0 aromatic carbocycles. The van der Waals surface area contributed by atoms with Crippen molar-refractivity contribution in [1.29, 1.82) is 0 Å². The van der Waals surface area contributed by atoms with E-state index in [0.717, 1.165) is 11.3 Å². The number of amides is 1. The van der Waals surface area contributed by atoms with Gasteiger partial charge < -0.3 is 10.0 Å². The van der Waals surface area contributed by atoms with E-state index in [0.29, 0.717) is 31.1 Å². The molecule has 1 amide bonds. The van der Waals surface area contributed by atoms with Gasteiger partial charge in [0.05, 0.1) is 5.69 Å². The van der Waals surface area contributed by atoms with Gasteiger partial charge in [-0.25, -0.2) is 14.8 Å². The van der Waals surface area contributed by atoms with E-state index < -0.39 is 6.09 Å². The van der Waals surface area contributed by atoms with Crippen LogP contribution in [0.4, 0.5) is 4.79 Å². The van der Waals surface area contributed by atoms with Crippen LogP contribution in [0, 0.1) is 0 Å². The van der Waals surface area contributed by atoms with Crippen LogP contribution in [0.25, 0.3) is 0 Å². The third-order valence-corrected chi connectivity index (χ3v) is 2.83. The standard InChI is InChI=1S/C9H10ClN3O2/c10-8-6-1-3-13(9(14)15)4-2-7(6)11-5-12-8/h5H,1-4H2,(H,14,15). The first-order valence-corrected chi connectivity index (χ1v) is 5.02. The Morgan fingerprint density at radius 2 is 2.13 bits per heavy atom. The highest BCUT2D eigenvalue weighted by Crippen LogP contribution is 2.19. The molecular formula is C9H10ClN3O2. The zero-order valence-electron chi connectivity index (χ0n) is 7.98. The predicted molar refractivity (Wildman–Crippen MR) is 54.0 cm³/mol. The highest BCUT2D eigenvalue weighted by molar-refractivity contribution is 6.30. The first-order chi connectivity index (χ1) is 7.18. The molecule has 80 valence electrons. The number of carbonyl (C=O) groups is 1. The van der Waals surface area contributed by atoms with Gasteiger partial charge in [0.15, 0.2) is 0 Å². The van der Waals surface area contributed by atoms with E-state index >= 15 is 0 Å². The summed E-state index contributed by atoms with van der Waals surface area (Å²) in [7, 11) is 0. The zero-order valence-corrected chi connectivity index (χ0v) is 8.74. The van der Waals surface area contributed by atoms with Crippen molar-refractivity contribution in [2.75, 3.05) is 13.1 Å². The minimum Gasteiger partial charge on any atom is -0.465 e. The quantitative estimate of drug-likeness (QED) is 0.677. The number of aromatic nitrogens is 2. The number of fused-ring (bicyclic) bond motifs is 1. The molecule has 0 aliphatic carbocycles. The lowest BCUT2D eigenvalue weighted by Crippen LogP contribution is -2.31. The molecule has 0 atom stereocenters. The van der Waals surface area contributed by atoms with E-state index in [1.807, 2.05) is 0 Å². The zero-order chi connectivity index (χ0) is 10.8. The summed E-state index contributed by atoms with van der Waals surface area (Å²) in [6.07, 6.45) is 1.70. The molecule has 0 saturated carbocycles. The summed E-state index contributed by atoms with van der Waals surface area (Å²) in [6, 6.07) is 0. The maximum atomic E-state index is 10.8. The van der Waals surface area contributed by atoms with Gasteiger partial charge in [-0.15, -0.1) is 0 Å². The summed E-state index contributed by atoms with van der Waals surface area (Å²) >= 11 is 5.92. The Hall–Kier alpha value is -1.36. The highest BCUT2D eigenvalue weighted by Gasteiger charge is 2.20. The van der Waals surface area contributed by atoms with Gasteiger partial charge in [0, 0.05) is 25.1 Å². The molecule has 1 aliphatic rings. The third-order valence-electron chi connectivity index (χ3n) is 2.50. The number of rotatable bonds is 0. The van der Waals surface area contributed by atoms with Gasteiger partial charge in [0.1, 0.15) is 11.5 Å². The molecule has 1 aromatic heterocycles. The molecule has 0 bridgehead atoms. The Bertz CT molecular complexity index is 397. The first-order valence-electron chi connectivity index (χ1n) is 4.64. The van der Waals surface area contributed by atoms with Crippen molar-refractivity contribution in [3.63, 3.8) is 0 Å². The number of halogens is 1. The van der Waals surface area contributed by atoms with Gasteiger partial charge >= 0.3 is 6.09 Å². The third kappa shape index (κ3) is 2.02. The Morgan fingerprint density at radius 3 is 2.87 bits per heavy atom. The van der Waals surface area contributed by atoms with Crippen LogP contribution in [0.3, 0.4) is 0 Å². The van der Waals surface area contributed by atoms with Crippen LogP contribution >= 0.6 is 11.6 Å². The van der Waals surface area contributed by atoms with E-state index in [2.05, 4.69) is 9.97 Å². The highest BCUT2D eigenvalue weighted by atomic mass is 35.5. The molecule has 1 aliphatic heterocycles. The number of carboxylic acid groups (broad SMARTS) is 1. The SMILES string of the molecule is O=C(O)N1CCc2ncnc(Cl)c2CC1. The summed E-state index contributed by atoms with van der Waals surface area (Å²) in [5, 5.41) is 9.31. The van der Waals surface area contributed by atoms with E-state index in [1.165, 1.54) is 11.2 Å². The Kier molecular flexibility index (Phi) is 2.73. The van der Waals surface area contributed by atoms with Crippen LogP contribution in [0.15, 0.2) is 6.33 Å². The molecule has 1 N–H and O–H groups in total. The van der Waals surface area contributed by atoms with Gasteiger partial charge in [-0.1, -0.05) is 11.6 Å². The minimum atomic E-state index is -0.896. The molecule has 0 fully saturated rings. The molecule has 0 spiro atoms. The molecule has 0 saturated heterocycles. The maximum absolute atomic E-state index is 10.8. The van der Waals surface area contributed by atoms with E-state index in [1.54, 1.807) is 0 Å². The van der Waals surface area contributed by atoms with Crippen LogP contribution in [-0.4, -0.2) is 39.2 Å². The van der Waals surface area contributed by atoms with Gasteiger partial charge in [0.2, 0.25) is 0 Å². The molecule has 0 radical (unpaired) electrons.